The van der Waals surface area contributed by atoms with Crippen LogP contribution in [0.25, 0.3) is 0 Å². The van der Waals surface area contributed by atoms with Crippen molar-refractivity contribution in [2.75, 3.05) is 4.90 Å². The highest BCUT2D eigenvalue weighted by Gasteiger charge is 2.34. The van der Waals surface area contributed by atoms with Crippen LogP contribution in [0.5, 0.6) is 0 Å². The summed E-state index contributed by atoms with van der Waals surface area (Å²) in [5.41, 5.74) is 0.922. The van der Waals surface area contributed by atoms with Crippen LogP contribution in [-0.2, 0) is 28.2 Å². The molecule has 6 nitrogen and oxygen atoms in total. The fourth-order valence-electron chi connectivity index (χ4n) is 2.74. The summed E-state index contributed by atoms with van der Waals surface area (Å²) in [7, 11) is 0. The zero-order valence-electron chi connectivity index (χ0n) is 10.5. The maximum Gasteiger partial charge on any atom is 0.467 e. The first kappa shape index (κ1) is 12.4. The predicted molar refractivity (Wildman–Crippen MR) is 70.8 cm³/mol. The van der Waals surface area contributed by atoms with E-state index in [0.29, 0.717) is 29.9 Å². The molecule has 19 heavy (non-hydrogen) atoms. The largest absolute Gasteiger partial charge is 0.467 e. The Kier molecular flexibility index (Phi) is 3.37. The maximum atomic E-state index is 12.1. The summed E-state index contributed by atoms with van der Waals surface area (Å²) in [5, 5.41) is 2.86. The molecule has 0 unspecified atom stereocenters. The van der Waals surface area contributed by atoms with Crippen molar-refractivity contribution in [3.05, 3.63) is 17.6 Å². The lowest BCUT2D eigenvalue weighted by Gasteiger charge is -2.33. The number of fused-ring (bicyclic) bond motifs is 1. The predicted octanol–water partition coefficient (Wildman–Crippen LogP) is 1.38. The number of aromatic nitrogens is 2. The summed E-state index contributed by atoms with van der Waals surface area (Å²) in [6.45, 7) is 0.461. The van der Waals surface area contributed by atoms with Crippen molar-refractivity contribution in [2.24, 2.45) is 0 Å². The van der Waals surface area contributed by atoms with Gasteiger partial charge in [0.1, 0.15) is 5.82 Å². The standard InChI is InChI=1S/C12H14N4O2S/c17-12-14-6-8-5-13-10(7-19-18)15-11(8)16(12)9-3-1-2-4-9/h5,9H,1-4,6-7H2/p+1. The number of hydrogen-bond donors (Lipinski definition) is 1. The van der Waals surface area contributed by atoms with Gasteiger partial charge in [-0.25, -0.2) is 14.8 Å². The Morgan fingerprint density at radius 1 is 1.42 bits per heavy atom. The molecule has 7 heteroatoms. The minimum absolute atomic E-state index is 0.0844. The molecule has 1 aromatic rings. The molecule has 1 aromatic heterocycles. The summed E-state index contributed by atoms with van der Waals surface area (Å²) >= 11 is 0.446. The van der Waals surface area contributed by atoms with Gasteiger partial charge >= 0.3 is 17.7 Å². The Balaban J connectivity index is 1.98. The smallest absolute Gasteiger partial charge is 0.333 e. The van der Waals surface area contributed by atoms with Gasteiger partial charge in [0.25, 0.3) is 5.75 Å². The number of carbonyl (C=O) groups is 1. The first-order chi connectivity index (χ1) is 9.29. The van der Waals surface area contributed by atoms with Crippen molar-refractivity contribution in [2.45, 2.75) is 44.0 Å². The molecule has 1 aliphatic heterocycles. The molecule has 1 aliphatic carbocycles. The fraction of sp³-hybridized carbons (Fsp3) is 0.583. The van der Waals surface area contributed by atoms with Crippen LogP contribution in [0.15, 0.2) is 6.20 Å². The Morgan fingerprint density at radius 2 is 2.21 bits per heavy atom. The number of carbonyl (C=O) groups excluding carboxylic acids is 1. The summed E-state index contributed by atoms with van der Waals surface area (Å²) in [6, 6.07) is 0.139. The topological polar surface area (TPSA) is 75.2 Å². The third-order valence-electron chi connectivity index (χ3n) is 3.65. The Morgan fingerprint density at radius 3 is 2.95 bits per heavy atom. The molecule has 2 heterocycles. The molecular weight excluding hydrogens is 264 g/mol. The summed E-state index contributed by atoms with van der Waals surface area (Å²) in [4.78, 5) is 22.4. The molecule has 1 N–H and O–H groups in total. The molecule has 100 valence electrons. The van der Waals surface area contributed by atoms with Gasteiger partial charge in [-0.2, -0.15) is 0 Å². The van der Waals surface area contributed by atoms with E-state index in [1.807, 2.05) is 0 Å². The second kappa shape index (κ2) is 5.16. The number of rotatable bonds is 3. The molecule has 0 radical (unpaired) electrons. The van der Waals surface area contributed by atoms with Crippen molar-refractivity contribution < 1.29 is 9.00 Å². The zero-order valence-corrected chi connectivity index (χ0v) is 11.3. The first-order valence-corrected chi connectivity index (χ1v) is 7.37. The van der Waals surface area contributed by atoms with Crippen LogP contribution in [0.4, 0.5) is 10.6 Å². The van der Waals surface area contributed by atoms with Gasteiger partial charge in [0.15, 0.2) is 5.82 Å². The quantitative estimate of drug-likeness (QED) is 0.848. The van der Waals surface area contributed by atoms with Gasteiger partial charge in [-0.15, -0.1) is 0 Å². The molecule has 0 saturated heterocycles. The number of amides is 2. The first-order valence-electron chi connectivity index (χ1n) is 6.46. The minimum Gasteiger partial charge on any atom is -0.333 e. The highest BCUT2D eigenvalue weighted by molar-refractivity contribution is 7.64. The maximum absolute atomic E-state index is 12.1. The van der Waals surface area contributed by atoms with E-state index in [1.54, 1.807) is 11.1 Å². The summed E-state index contributed by atoms with van der Waals surface area (Å²) in [6.07, 6.45) is 6.05. The van der Waals surface area contributed by atoms with E-state index in [1.165, 1.54) is 0 Å². The van der Waals surface area contributed by atoms with Crippen molar-refractivity contribution in [3.8, 4) is 0 Å². The van der Waals surface area contributed by atoms with Crippen LogP contribution in [0.2, 0.25) is 0 Å². The molecule has 2 aliphatic rings. The highest BCUT2D eigenvalue weighted by atomic mass is 32.1. The average molecular weight is 279 g/mol. The average Bonchev–Trinajstić information content (AvgIpc) is 2.92. The molecule has 1 saturated carbocycles. The van der Waals surface area contributed by atoms with Crippen molar-refractivity contribution in [3.63, 3.8) is 0 Å². The van der Waals surface area contributed by atoms with Gasteiger partial charge in [0.05, 0.1) is 0 Å². The van der Waals surface area contributed by atoms with E-state index in [9.17, 15) is 9.00 Å². The van der Waals surface area contributed by atoms with E-state index < -0.39 is 0 Å². The van der Waals surface area contributed by atoms with Crippen LogP contribution in [-0.4, -0.2) is 22.0 Å². The van der Waals surface area contributed by atoms with Gasteiger partial charge in [-0.3, -0.25) is 4.90 Å². The number of nitrogens with zero attached hydrogens (tertiary/aromatic N) is 3. The molecule has 0 atom stereocenters. The van der Waals surface area contributed by atoms with Crippen LogP contribution in [0, 0.1) is 0 Å². The third-order valence-corrected chi connectivity index (χ3v) is 4.02. The van der Waals surface area contributed by atoms with Crippen molar-refractivity contribution in [1.82, 2.24) is 15.3 Å². The molecule has 3 rings (SSSR count). The lowest BCUT2D eigenvalue weighted by molar-refractivity contribution is 0.241. The van der Waals surface area contributed by atoms with Gasteiger partial charge < -0.3 is 5.32 Å². The van der Waals surface area contributed by atoms with Crippen molar-refractivity contribution in [1.29, 1.82) is 0 Å². The molecule has 0 bridgehead atoms. The molecular formula is C12H15N4O2S+. The van der Waals surface area contributed by atoms with Crippen LogP contribution in [0.1, 0.15) is 37.1 Å². The second-order valence-corrected chi connectivity index (χ2v) is 5.39. The van der Waals surface area contributed by atoms with Crippen LogP contribution in [0.3, 0.4) is 0 Å². The highest BCUT2D eigenvalue weighted by Crippen LogP contribution is 2.31. The van der Waals surface area contributed by atoms with E-state index in [-0.39, 0.29) is 17.8 Å². The SMILES string of the molecule is O=[S+]Cc1ncc2c(n1)N(C1CCCC1)C(=O)NC2. The van der Waals surface area contributed by atoms with Gasteiger partial charge in [-0.1, -0.05) is 12.8 Å². The number of hydrogen-bond acceptors (Lipinski definition) is 4. The van der Waals surface area contributed by atoms with E-state index >= 15 is 0 Å². The monoisotopic (exact) mass is 279 g/mol. The molecule has 0 aromatic carbocycles. The third kappa shape index (κ3) is 2.30. The lowest BCUT2D eigenvalue weighted by Crippen LogP contribution is -2.49. The van der Waals surface area contributed by atoms with Crippen molar-refractivity contribution >= 4 is 23.5 Å². The van der Waals surface area contributed by atoms with Gasteiger partial charge in [-0.05, 0) is 12.8 Å². The Labute approximate surface area is 115 Å². The number of nitrogens with one attached hydrogen (secondary N) is 1. The molecule has 1 fully saturated rings. The van der Waals surface area contributed by atoms with Gasteiger partial charge in [0, 0.05) is 28.6 Å². The summed E-state index contributed by atoms with van der Waals surface area (Å²) in [5.74, 6) is 1.42. The Bertz CT molecular complexity index is 516. The number of urea groups is 1. The van der Waals surface area contributed by atoms with E-state index in [2.05, 4.69) is 15.3 Å². The summed E-state index contributed by atoms with van der Waals surface area (Å²) < 4.78 is 10.6. The van der Waals surface area contributed by atoms with E-state index in [0.717, 1.165) is 31.2 Å². The van der Waals surface area contributed by atoms with Gasteiger partial charge in [0.2, 0.25) is 0 Å². The molecule has 2 amide bonds. The number of anilines is 1. The fourth-order valence-corrected chi connectivity index (χ4v) is 2.99. The normalized spacial score (nSPS) is 19.2. The van der Waals surface area contributed by atoms with E-state index in [4.69, 9.17) is 0 Å². The van der Waals surface area contributed by atoms with Crippen LogP contribution < -0.4 is 10.2 Å². The lowest BCUT2D eigenvalue weighted by atomic mass is 10.1. The second-order valence-electron chi connectivity index (χ2n) is 4.86. The van der Waals surface area contributed by atoms with Crippen LogP contribution >= 0.6 is 0 Å². The minimum atomic E-state index is -0.0844. The molecule has 0 spiro atoms. The Hall–Kier alpha value is -1.63. The zero-order chi connectivity index (χ0) is 13.2.